The van der Waals surface area contributed by atoms with E-state index in [9.17, 15) is 0 Å². The van der Waals surface area contributed by atoms with E-state index in [1.807, 2.05) is 26.4 Å². The fourth-order valence-electron chi connectivity index (χ4n) is 1.93. The van der Waals surface area contributed by atoms with Gasteiger partial charge in [0.1, 0.15) is 0 Å². The Bertz CT molecular complexity index is 505. The maximum atomic E-state index is 4.49. The maximum Gasteiger partial charge on any atom is 0.0760 e. The predicted octanol–water partition coefficient (Wildman–Crippen LogP) is 2.25. The van der Waals surface area contributed by atoms with Crippen LogP contribution in [0.3, 0.4) is 0 Å². The van der Waals surface area contributed by atoms with Crippen molar-refractivity contribution in [1.29, 1.82) is 0 Å². The molecule has 0 fully saturated rings. The van der Waals surface area contributed by atoms with Gasteiger partial charge in [-0.25, -0.2) is 0 Å². The molecule has 1 N–H and O–H groups in total. The summed E-state index contributed by atoms with van der Waals surface area (Å²) in [6.45, 7) is 4.07. The second kappa shape index (κ2) is 6.38. The van der Waals surface area contributed by atoms with Gasteiger partial charge in [0.25, 0.3) is 0 Å². The highest BCUT2D eigenvalue weighted by molar-refractivity contribution is 5.16. The summed E-state index contributed by atoms with van der Waals surface area (Å²) in [6, 6.07) is 4.37. The van der Waals surface area contributed by atoms with Crippen molar-refractivity contribution >= 4 is 0 Å². The van der Waals surface area contributed by atoms with Crippen LogP contribution < -0.4 is 5.32 Å². The van der Waals surface area contributed by atoms with Crippen molar-refractivity contribution in [2.24, 2.45) is 0 Å². The summed E-state index contributed by atoms with van der Waals surface area (Å²) < 4.78 is 0. The Kier molecular flexibility index (Phi) is 4.58. The van der Waals surface area contributed by atoms with Gasteiger partial charge in [0.2, 0.25) is 0 Å². The molecule has 0 bridgehead atoms. The van der Waals surface area contributed by atoms with Crippen LogP contribution in [-0.2, 0) is 12.8 Å². The van der Waals surface area contributed by atoms with Crippen LogP contribution in [-0.4, -0.2) is 22.0 Å². The summed E-state index contributed by atoms with van der Waals surface area (Å²) in [5.41, 5.74) is 4.22. The van der Waals surface area contributed by atoms with Crippen LogP contribution in [0.15, 0.2) is 30.7 Å². The molecule has 0 saturated heterocycles. The van der Waals surface area contributed by atoms with Crippen molar-refractivity contribution in [2.45, 2.75) is 32.7 Å². The second-order valence-corrected chi connectivity index (χ2v) is 4.64. The molecule has 2 aromatic heterocycles. The standard InChI is InChI=1S/C15H20N4/c1-4-12-5-6-13(18-9-12)7-14(16-3)15-10-17-11(2)8-19-15/h5-6,8-10,14,16H,4,7H2,1-3H3. The van der Waals surface area contributed by atoms with Gasteiger partial charge in [-0.1, -0.05) is 13.0 Å². The predicted molar refractivity (Wildman–Crippen MR) is 75.9 cm³/mol. The van der Waals surface area contributed by atoms with E-state index in [4.69, 9.17) is 0 Å². The SMILES string of the molecule is CCc1ccc(CC(NC)c2cnc(C)cn2)nc1. The van der Waals surface area contributed by atoms with Crippen molar-refractivity contribution in [3.63, 3.8) is 0 Å². The monoisotopic (exact) mass is 256 g/mol. The first kappa shape index (κ1) is 13.6. The van der Waals surface area contributed by atoms with Crippen LogP contribution >= 0.6 is 0 Å². The summed E-state index contributed by atoms with van der Waals surface area (Å²) in [4.78, 5) is 13.2. The van der Waals surface area contributed by atoms with Crippen LogP contribution in [0.5, 0.6) is 0 Å². The largest absolute Gasteiger partial charge is 0.311 e. The third kappa shape index (κ3) is 3.58. The van der Waals surface area contributed by atoms with Gasteiger partial charge in [-0.3, -0.25) is 15.0 Å². The number of pyridine rings is 1. The Morgan fingerprint density at radius 3 is 2.47 bits per heavy atom. The summed E-state index contributed by atoms with van der Waals surface area (Å²) in [5, 5.41) is 3.27. The number of nitrogens with one attached hydrogen (secondary N) is 1. The molecule has 4 nitrogen and oxygen atoms in total. The zero-order valence-corrected chi connectivity index (χ0v) is 11.7. The number of aryl methyl sites for hydroxylation is 2. The van der Waals surface area contributed by atoms with E-state index < -0.39 is 0 Å². The zero-order chi connectivity index (χ0) is 13.7. The molecule has 1 unspecified atom stereocenters. The molecule has 0 saturated carbocycles. The quantitative estimate of drug-likeness (QED) is 0.891. The van der Waals surface area contributed by atoms with Gasteiger partial charge < -0.3 is 5.32 Å². The third-order valence-electron chi connectivity index (χ3n) is 3.21. The summed E-state index contributed by atoms with van der Waals surface area (Å²) in [6.07, 6.45) is 7.41. The molecule has 2 rings (SSSR count). The molecule has 0 aliphatic rings. The lowest BCUT2D eigenvalue weighted by Crippen LogP contribution is -2.20. The Morgan fingerprint density at radius 1 is 1.11 bits per heavy atom. The normalized spacial score (nSPS) is 12.4. The fraction of sp³-hybridized carbons (Fsp3) is 0.400. The van der Waals surface area contributed by atoms with E-state index in [0.29, 0.717) is 0 Å². The van der Waals surface area contributed by atoms with Crippen LogP contribution in [0.1, 0.15) is 35.6 Å². The first-order valence-electron chi connectivity index (χ1n) is 6.62. The molecule has 0 amide bonds. The van der Waals surface area contributed by atoms with Gasteiger partial charge in [0.05, 0.1) is 23.6 Å². The minimum absolute atomic E-state index is 0.146. The molecule has 0 spiro atoms. The maximum absolute atomic E-state index is 4.49. The number of nitrogens with zero attached hydrogens (tertiary/aromatic N) is 3. The molecule has 2 heterocycles. The van der Waals surface area contributed by atoms with Gasteiger partial charge in [0.15, 0.2) is 0 Å². The molecular weight excluding hydrogens is 236 g/mol. The molecule has 100 valence electrons. The topological polar surface area (TPSA) is 50.7 Å². The van der Waals surface area contributed by atoms with Gasteiger partial charge in [-0.2, -0.15) is 0 Å². The molecular formula is C15H20N4. The van der Waals surface area contributed by atoms with Crippen LogP contribution in [0.4, 0.5) is 0 Å². The molecule has 1 atom stereocenters. The van der Waals surface area contributed by atoms with Crippen molar-refractivity contribution in [3.05, 3.63) is 53.4 Å². The lowest BCUT2D eigenvalue weighted by atomic mass is 10.1. The first-order valence-corrected chi connectivity index (χ1v) is 6.62. The number of hydrogen-bond acceptors (Lipinski definition) is 4. The smallest absolute Gasteiger partial charge is 0.0760 e. The van der Waals surface area contributed by atoms with E-state index in [1.54, 1.807) is 6.20 Å². The number of rotatable bonds is 5. The van der Waals surface area contributed by atoms with Crippen molar-refractivity contribution < 1.29 is 0 Å². The van der Waals surface area contributed by atoms with Gasteiger partial charge in [-0.05, 0) is 32.0 Å². The summed E-state index contributed by atoms with van der Waals surface area (Å²) in [5.74, 6) is 0. The Hall–Kier alpha value is -1.81. The molecule has 0 radical (unpaired) electrons. The minimum Gasteiger partial charge on any atom is -0.311 e. The number of aromatic nitrogens is 3. The van der Waals surface area contributed by atoms with E-state index in [2.05, 4.69) is 39.3 Å². The third-order valence-corrected chi connectivity index (χ3v) is 3.21. The Morgan fingerprint density at radius 2 is 1.95 bits per heavy atom. The molecule has 0 aliphatic carbocycles. The first-order chi connectivity index (χ1) is 9.22. The van der Waals surface area contributed by atoms with Crippen molar-refractivity contribution in [1.82, 2.24) is 20.3 Å². The van der Waals surface area contributed by atoms with Crippen LogP contribution in [0, 0.1) is 6.92 Å². The van der Waals surface area contributed by atoms with E-state index in [1.165, 1.54) is 5.56 Å². The molecule has 0 aromatic carbocycles. The van der Waals surface area contributed by atoms with E-state index >= 15 is 0 Å². The highest BCUT2D eigenvalue weighted by atomic mass is 14.9. The van der Waals surface area contributed by atoms with E-state index in [0.717, 1.165) is 29.9 Å². The minimum atomic E-state index is 0.146. The number of likely N-dealkylation sites (N-methyl/N-ethyl adjacent to an activating group) is 1. The molecule has 0 aliphatic heterocycles. The lowest BCUT2D eigenvalue weighted by Gasteiger charge is -2.15. The second-order valence-electron chi connectivity index (χ2n) is 4.64. The average Bonchev–Trinajstić information content (AvgIpc) is 2.46. The summed E-state index contributed by atoms with van der Waals surface area (Å²) >= 11 is 0. The lowest BCUT2D eigenvalue weighted by molar-refractivity contribution is 0.565. The van der Waals surface area contributed by atoms with E-state index in [-0.39, 0.29) is 6.04 Å². The van der Waals surface area contributed by atoms with Gasteiger partial charge in [0, 0.05) is 24.5 Å². The fourth-order valence-corrected chi connectivity index (χ4v) is 1.93. The molecule has 19 heavy (non-hydrogen) atoms. The molecule has 4 heteroatoms. The van der Waals surface area contributed by atoms with Gasteiger partial charge >= 0.3 is 0 Å². The Balaban J connectivity index is 2.11. The zero-order valence-electron chi connectivity index (χ0n) is 11.7. The van der Waals surface area contributed by atoms with Crippen LogP contribution in [0.2, 0.25) is 0 Å². The number of hydrogen-bond donors (Lipinski definition) is 1. The molecule has 2 aromatic rings. The highest BCUT2D eigenvalue weighted by Crippen LogP contribution is 2.14. The van der Waals surface area contributed by atoms with Crippen molar-refractivity contribution in [3.8, 4) is 0 Å². The Labute approximate surface area is 114 Å². The van der Waals surface area contributed by atoms with Crippen molar-refractivity contribution in [2.75, 3.05) is 7.05 Å². The van der Waals surface area contributed by atoms with Crippen LogP contribution in [0.25, 0.3) is 0 Å². The summed E-state index contributed by atoms with van der Waals surface area (Å²) in [7, 11) is 1.94. The van der Waals surface area contributed by atoms with Gasteiger partial charge in [-0.15, -0.1) is 0 Å². The average molecular weight is 256 g/mol. The highest BCUT2D eigenvalue weighted by Gasteiger charge is 2.12.